The van der Waals surface area contributed by atoms with Gasteiger partial charge in [0, 0.05) is 10.6 Å². The molecule has 0 fully saturated rings. The lowest BCUT2D eigenvalue weighted by Crippen LogP contribution is -2.02. The van der Waals surface area contributed by atoms with E-state index in [0.29, 0.717) is 0 Å². The Bertz CT molecular complexity index is 281. The Kier molecular flexibility index (Phi) is 2.78. The molecule has 0 heterocycles. The standard InChI is InChI=1S/C8H6ClFO2/c9-5-2-1-3-6(10)8(5)7(12)4-11/h1-4,7,12H. The zero-order valence-corrected chi connectivity index (χ0v) is 6.75. The summed E-state index contributed by atoms with van der Waals surface area (Å²) < 4.78 is 12.9. The molecule has 0 radical (unpaired) electrons. The second-order valence-corrected chi connectivity index (χ2v) is 2.62. The predicted octanol–water partition coefficient (Wildman–Crippen LogP) is 1.71. The van der Waals surface area contributed by atoms with Gasteiger partial charge in [-0.3, -0.25) is 0 Å². The smallest absolute Gasteiger partial charge is 0.153 e. The molecule has 4 heteroatoms. The summed E-state index contributed by atoms with van der Waals surface area (Å²) in [4.78, 5) is 10.1. The van der Waals surface area contributed by atoms with Crippen molar-refractivity contribution < 1.29 is 14.3 Å². The van der Waals surface area contributed by atoms with Gasteiger partial charge in [-0.05, 0) is 12.1 Å². The van der Waals surface area contributed by atoms with E-state index < -0.39 is 11.9 Å². The fraction of sp³-hybridized carbons (Fsp3) is 0.125. The van der Waals surface area contributed by atoms with Gasteiger partial charge in [-0.2, -0.15) is 0 Å². The number of carbonyl (C=O) groups excluding carboxylic acids is 1. The number of hydrogen-bond acceptors (Lipinski definition) is 2. The first kappa shape index (κ1) is 9.16. The first-order chi connectivity index (χ1) is 5.66. The number of aldehydes is 1. The van der Waals surface area contributed by atoms with Crippen molar-refractivity contribution in [3.63, 3.8) is 0 Å². The molecule has 0 spiro atoms. The average Bonchev–Trinajstić information content (AvgIpc) is 2.03. The van der Waals surface area contributed by atoms with E-state index in [1.165, 1.54) is 12.1 Å². The molecule has 0 saturated carbocycles. The molecular formula is C8H6ClFO2. The minimum absolute atomic E-state index is 0.0506. The third-order valence-corrected chi connectivity index (χ3v) is 1.75. The van der Waals surface area contributed by atoms with Crippen LogP contribution in [0.15, 0.2) is 18.2 Å². The van der Waals surface area contributed by atoms with E-state index in [2.05, 4.69) is 0 Å². The second kappa shape index (κ2) is 3.65. The fourth-order valence-electron chi connectivity index (χ4n) is 0.861. The molecular weight excluding hydrogens is 183 g/mol. The normalized spacial score (nSPS) is 12.6. The summed E-state index contributed by atoms with van der Waals surface area (Å²) in [6.07, 6.45) is -1.26. The van der Waals surface area contributed by atoms with Gasteiger partial charge in [0.25, 0.3) is 0 Å². The molecule has 12 heavy (non-hydrogen) atoms. The molecule has 0 aliphatic rings. The summed E-state index contributed by atoms with van der Waals surface area (Å²) in [6.45, 7) is 0. The topological polar surface area (TPSA) is 37.3 Å². The lowest BCUT2D eigenvalue weighted by Gasteiger charge is -2.06. The molecule has 64 valence electrons. The maximum atomic E-state index is 12.9. The minimum atomic E-state index is -1.49. The van der Waals surface area contributed by atoms with Gasteiger partial charge in [0.1, 0.15) is 11.9 Å². The molecule has 0 amide bonds. The van der Waals surface area contributed by atoms with Crippen LogP contribution in [-0.4, -0.2) is 11.4 Å². The molecule has 1 N–H and O–H groups in total. The maximum absolute atomic E-state index is 12.9. The van der Waals surface area contributed by atoms with Crippen LogP contribution in [-0.2, 0) is 4.79 Å². The van der Waals surface area contributed by atoms with Crippen LogP contribution in [0.25, 0.3) is 0 Å². The highest BCUT2D eigenvalue weighted by molar-refractivity contribution is 6.31. The van der Waals surface area contributed by atoms with E-state index in [9.17, 15) is 9.18 Å². The van der Waals surface area contributed by atoms with E-state index >= 15 is 0 Å². The van der Waals surface area contributed by atoms with Crippen molar-refractivity contribution in [3.8, 4) is 0 Å². The van der Waals surface area contributed by atoms with Crippen molar-refractivity contribution >= 4 is 17.9 Å². The van der Waals surface area contributed by atoms with Gasteiger partial charge in [0.05, 0.1) is 0 Å². The van der Waals surface area contributed by atoms with Gasteiger partial charge >= 0.3 is 0 Å². The van der Waals surface area contributed by atoms with E-state index in [4.69, 9.17) is 16.7 Å². The van der Waals surface area contributed by atoms with E-state index in [-0.39, 0.29) is 16.9 Å². The van der Waals surface area contributed by atoms with Crippen LogP contribution in [0.3, 0.4) is 0 Å². The summed E-state index contributed by atoms with van der Waals surface area (Å²) in [5, 5.41) is 9.05. The minimum Gasteiger partial charge on any atom is -0.381 e. The molecule has 0 aliphatic heterocycles. The van der Waals surface area contributed by atoms with Crippen molar-refractivity contribution in [1.82, 2.24) is 0 Å². The number of benzene rings is 1. The number of aliphatic hydroxyl groups excluding tert-OH is 1. The van der Waals surface area contributed by atoms with Crippen molar-refractivity contribution in [3.05, 3.63) is 34.6 Å². The molecule has 1 rings (SSSR count). The molecule has 1 aromatic carbocycles. The van der Waals surface area contributed by atoms with Crippen molar-refractivity contribution in [2.24, 2.45) is 0 Å². The summed E-state index contributed by atoms with van der Waals surface area (Å²) in [5.74, 6) is -0.679. The van der Waals surface area contributed by atoms with Crippen LogP contribution in [0.2, 0.25) is 5.02 Å². The molecule has 0 bridgehead atoms. The number of rotatable bonds is 2. The first-order valence-electron chi connectivity index (χ1n) is 3.24. The Labute approximate surface area is 73.6 Å². The predicted molar refractivity (Wildman–Crippen MR) is 42.4 cm³/mol. The molecule has 0 saturated heterocycles. The SMILES string of the molecule is O=CC(O)c1c(F)cccc1Cl. The lowest BCUT2D eigenvalue weighted by atomic mass is 10.1. The monoisotopic (exact) mass is 188 g/mol. The molecule has 1 unspecified atom stereocenters. The summed E-state index contributed by atoms with van der Waals surface area (Å²) in [5.41, 5.74) is -0.172. The highest BCUT2D eigenvalue weighted by atomic mass is 35.5. The van der Waals surface area contributed by atoms with Crippen LogP contribution >= 0.6 is 11.6 Å². The second-order valence-electron chi connectivity index (χ2n) is 2.22. The Morgan fingerprint density at radius 1 is 1.58 bits per heavy atom. The molecule has 1 aromatic rings. The molecule has 0 aromatic heterocycles. The van der Waals surface area contributed by atoms with Crippen LogP contribution in [0.1, 0.15) is 11.7 Å². The summed E-state index contributed by atoms with van der Waals surface area (Å²) >= 11 is 5.54. The summed E-state index contributed by atoms with van der Waals surface area (Å²) in [7, 11) is 0. The van der Waals surface area contributed by atoms with E-state index in [1.807, 2.05) is 0 Å². The lowest BCUT2D eigenvalue weighted by molar-refractivity contribution is -0.115. The maximum Gasteiger partial charge on any atom is 0.153 e. The third kappa shape index (κ3) is 1.62. The van der Waals surface area contributed by atoms with Crippen LogP contribution < -0.4 is 0 Å². The van der Waals surface area contributed by atoms with Crippen LogP contribution in [0.4, 0.5) is 4.39 Å². The Hall–Kier alpha value is -0.930. The van der Waals surface area contributed by atoms with Crippen LogP contribution in [0.5, 0.6) is 0 Å². The summed E-state index contributed by atoms with van der Waals surface area (Å²) in [6, 6.07) is 3.94. The van der Waals surface area contributed by atoms with Crippen LogP contribution in [0, 0.1) is 5.82 Å². The Balaban J connectivity index is 3.20. The van der Waals surface area contributed by atoms with Gasteiger partial charge < -0.3 is 9.90 Å². The fourth-order valence-corrected chi connectivity index (χ4v) is 1.14. The van der Waals surface area contributed by atoms with Gasteiger partial charge in [0.15, 0.2) is 6.29 Å². The van der Waals surface area contributed by atoms with Gasteiger partial charge in [-0.25, -0.2) is 4.39 Å². The Morgan fingerprint density at radius 2 is 2.25 bits per heavy atom. The molecule has 0 aliphatic carbocycles. The molecule has 1 atom stereocenters. The van der Waals surface area contributed by atoms with E-state index in [1.54, 1.807) is 0 Å². The van der Waals surface area contributed by atoms with E-state index in [0.717, 1.165) is 6.07 Å². The number of carbonyl (C=O) groups is 1. The number of aliphatic hydroxyl groups is 1. The van der Waals surface area contributed by atoms with Crippen molar-refractivity contribution in [2.45, 2.75) is 6.10 Å². The zero-order valence-electron chi connectivity index (χ0n) is 6.00. The zero-order chi connectivity index (χ0) is 9.14. The van der Waals surface area contributed by atoms with Crippen molar-refractivity contribution in [2.75, 3.05) is 0 Å². The largest absolute Gasteiger partial charge is 0.381 e. The highest BCUT2D eigenvalue weighted by Crippen LogP contribution is 2.24. The number of halogens is 2. The van der Waals surface area contributed by atoms with Gasteiger partial charge in [-0.15, -0.1) is 0 Å². The van der Waals surface area contributed by atoms with Gasteiger partial charge in [-0.1, -0.05) is 17.7 Å². The quantitative estimate of drug-likeness (QED) is 0.718. The Morgan fingerprint density at radius 3 is 2.75 bits per heavy atom. The number of hydrogen-bond donors (Lipinski definition) is 1. The highest BCUT2D eigenvalue weighted by Gasteiger charge is 2.14. The van der Waals surface area contributed by atoms with Crippen molar-refractivity contribution in [1.29, 1.82) is 0 Å². The third-order valence-electron chi connectivity index (χ3n) is 1.42. The average molecular weight is 189 g/mol. The first-order valence-corrected chi connectivity index (χ1v) is 3.62. The van der Waals surface area contributed by atoms with Gasteiger partial charge in [0.2, 0.25) is 0 Å². The molecule has 2 nitrogen and oxygen atoms in total.